The molecule has 3 heterocycles. The zero-order valence-electron chi connectivity index (χ0n) is 13.5. The van der Waals surface area contributed by atoms with E-state index in [4.69, 9.17) is 4.74 Å². The smallest absolute Gasteiger partial charge is 0.264 e. The third kappa shape index (κ3) is 1.98. The number of anilines is 1. The average Bonchev–Trinajstić information content (AvgIpc) is 3.03. The topological polar surface area (TPSA) is 63.9 Å². The summed E-state index contributed by atoms with van der Waals surface area (Å²) in [5, 5.41) is 0. The van der Waals surface area contributed by atoms with Crippen LogP contribution in [0.2, 0.25) is 0 Å². The minimum Gasteiger partial charge on any atom is -0.482 e. The molecule has 0 aliphatic carbocycles. The molecule has 1 aromatic carbocycles. The van der Waals surface area contributed by atoms with E-state index in [1.807, 2.05) is 36.4 Å². The number of amides is 1. The zero-order valence-corrected chi connectivity index (χ0v) is 14.3. The van der Waals surface area contributed by atoms with Crippen molar-refractivity contribution in [2.24, 2.45) is 0 Å². The van der Waals surface area contributed by atoms with Gasteiger partial charge >= 0.3 is 0 Å². The molecule has 0 saturated carbocycles. The van der Waals surface area contributed by atoms with Crippen molar-refractivity contribution in [2.45, 2.75) is 13.8 Å². The van der Waals surface area contributed by atoms with E-state index in [0.717, 1.165) is 33.1 Å². The number of thiazole rings is 1. The van der Waals surface area contributed by atoms with Crippen LogP contribution < -0.4 is 9.64 Å². The van der Waals surface area contributed by atoms with Crippen LogP contribution in [0.3, 0.4) is 0 Å². The molecule has 3 aromatic rings. The lowest BCUT2D eigenvalue weighted by atomic mass is 10.1. The normalized spacial score (nSPS) is 14.0. The summed E-state index contributed by atoms with van der Waals surface area (Å²) in [4.78, 5) is 31.3. The van der Waals surface area contributed by atoms with Gasteiger partial charge in [0.2, 0.25) is 0 Å². The van der Waals surface area contributed by atoms with Crippen LogP contribution in [-0.4, -0.2) is 35.2 Å². The molecule has 1 aliphatic rings. The zero-order chi connectivity index (χ0) is 17.0. The predicted octanol–water partition coefficient (Wildman–Crippen LogP) is 2.85. The van der Waals surface area contributed by atoms with Gasteiger partial charge in [0.25, 0.3) is 5.91 Å². The van der Waals surface area contributed by atoms with Crippen LogP contribution in [0.15, 0.2) is 18.2 Å². The van der Waals surface area contributed by atoms with Gasteiger partial charge in [0.05, 0.1) is 17.1 Å². The number of aryl methyl sites for hydroxylation is 2. The molecule has 0 atom stereocenters. The summed E-state index contributed by atoms with van der Waals surface area (Å²) in [5.41, 5.74) is 3.84. The number of aldehydes is 1. The molecule has 1 aliphatic heterocycles. The fourth-order valence-corrected chi connectivity index (χ4v) is 4.08. The molecule has 0 unspecified atom stereocenters. The Morgan fingerprint density at radius 1 is 1.33 bits per heavy atom. The van der Waals surface area contributed by atoms with Gasteiger partial charge in [-0.1, -0.05) is 0 Å². The molecule has 0 spiro atoms. The first kappa shape index (κ1) is 14.9. The number of carbonyl (C=O) groups is 2. The highest BCUT2D eigenvalue weighted by molar-refractivity contribution is 7.17. The van der Waals surface area contributed by atoms with Gasteiger partial charge in [0.15, 0.2) is 17.9 Å². The fraction of sp³-hybridized carbons (Fsp3) is 0.235. The van der Waals surface area contributed by atoms with E-state index in [1.54, 1.807) is 23.3 Å². The Labute approximate surface area is 142 Å². The quantitative estimate of drug-likeness (QED) is 0.673. The fourth-order valence-electron chi connectivity index (χ4n) is 3.03. The van der Waals surface area contributed by atoms with Crippen molar-refractivity contribution >= 4 is 34.2 Å². The maximum Gasteiger partial charge on any atom is 0.264 e. The van der Waals surface area contributed by atoms with Crippen molar-refractivity contribution in [1.82, 2.24) is 9.38 Å². The summed E-state index contributed by atoms with van der Waals surface area (Å²) in [6.45, 7) is 3.89. The Morgan fingerprint density at radius 2 is 2.12 bits per heavy atom. The first-order valence-electron chi connectivity index (χ1n) is 7.48. The maximum absolute atomic E-state index is 11.9. The lowest BCUT2D eigenvalue weighted by molar-refractivity contribution is -0.120. The molecule has 6 nitrogen and oxygen atoms in total. The second-order valence-corrected chi connectivity index (χ2v) is 6.93. The van der Waals surface area contributed by atoms with E-state index in [2.05, 4.69) is 4.98 Å². The number of hydrogen-bond acceptors (Lipinski definition) is 5. The lowest BCUT2D eigenvalue weighted by Crippen LogP contribution is -2.35. The van der Waals surface area contributed by atoms with Crippen molar-refractivity contribution < 1.29 is 14.3 Å². The molecule has 0 radical (unpaired) electrons. The summed E-state index contributed by atoms with van der Waals surface area (Å²) in [6.07, 6.45) is 0.835. The Bertz CT molecular complexity index is 1000. The van der Waals surface area contributed by atoms with Crippen molar-refractivity contribution in [3.63, 3.8) is 0 Å². The van der Waals surface area contributed by atoms with E-state index in [-0.39, 0.29) is 12.5 Å². The van der Waals surface area contributed by atoms with Crippen molar-refractivity contribution in [1.29, 1.82) is 0 Å². The highest BCUT2D eigenvalue weighted by atomic mass is 32.1. The molecular formula is C17H15N3O3S. The largest absolute Gasteiger partial charge is 0.482 e. The minimum atomic E-state index is -0.0844. The predicted molar refractivity (Wildman–Crippen MR) is 92.3 cm³/mol. The van der Waals surface area contributed by atoms with Gasteiger partial charge in [-0.25, -0.2) is 4.98 Å². The SMILES string of the molecule is Cc1nc2sc(C)c(-c3ccc4c(c3)N(C)C(=O)CO4)n2c1C=O. The number of carbonyl (C=O) groups excluding carboxylic acids is 2. The Hall–Kier alpha value is -2.67. The first-order valence-corrected chi connectivity index (χ1v) is 8.30. The maximum atomic E-state index is 11.9. The van der Waals surface area contributed by atoms with Gasteiger partial charge < -0.3 is 9.64 Å². The van der Waals surface area contributed by atoms with E-state index >= 15 is 0 Å². The Kier molecular flexibility index (Phi) is 3.21. The van der Waals surface area contributed by atoms with Crippen LogP contribution in [0.5, 0.6) is 5.75 Å². The molecule has 1 amide bonds. The van der Waals surface area contributed by atoms with Crippen LogP contribution >= 0.6 is 11.3 Å². The van der Waals surface area contributed by atoms with Gasteiger partial charge in [-0.15, -0.1) is 11.3 Å². The number of ether oxygens (including phenoxy) is 1. The van der Waals surface area contributed by atoms with Gasteiger partial charge in [-0.3, -0.25) is 14.0 Å². The summed E-state index contributed by atoms with van der Waals surface area (Å²) in [6, 6.07) is 5.73. The van der Waals surface area contributed by atoms with E-state index in [0.29, 0.717) is 17.1 Å². The van der Waals surface area contributed by atoms with Crippen molar-refractivity contribution in [2.75, 3.05) is 18.6 Å². The first-order chi connectivity index (χ1) is 11.5. The summed E-state index contributed by atoms with van der Waals surface area (Å²) >= 11 is 1.54. The summed E-state index contributed by atoms with van der Waals surface area (Å²) < 4.78 is 7.37. The monoisotopic (exact) mass is 341 g/mol. The summed E-state index contributed by atoms with van der Waals surface area (Å²) in [5.74, 6) is 0.598. The van der Waals surface area contributed by atoms with Crippen molar-refractivity contribution in [3.8, 4) is 17.0 Å². The molecule has 2 aromatic heterocycles. The average molecular weight is 341 g/mol. The molecule has 24 heavy (non-hydrogen) atoms. The molecular weight excluding hydrogens is 326 g/mol. The number of aromatic nitrogens is 2. The number of nitrogens with zero attached hydrogens (tertiary/aromatic N) is 3. The van der Waals surface area contributed by atoms with E-state index < -0.39 is 0 Å². The molecule has 122 valence electrons. The van der Waals surface area contributed by atoms with Crippen LogP contribution in [0.25, 0.3) is 16.2 Å². The van der Waals surface area contributed by atoms with Gasteiger partial charge in [0.1, 0.15) is 11.4 Å². The number of rotatable bonds is 2. The standard InChI is InChI=1S/C17H15N3O3S/c1-9-13(7-21)20-16(10(2)24-17(20)18-9)11-4-5-14-12(6-11)19(3)15(22)8-23-14/h4-7H,8H2,1-3H3. The van der Waals surface area contributed by atoms with Gasteiger partial charge in [-0.2, -0.15) is 0 Å². The van der Waals surface area contributed by atoms with E-state index in [9.17, 15) is 9.59 Å². The number of fused-ring (bicyclic) bond motifs is 2. The molecule has 7 heteroatoms. The third-order valence-electron chi connectivity index (χ3n) is 4.30. The number of hydrogen-bond donors (Lipinski definition) is 0. The van der Waals surface area contributed by atoms with Crippen molar-refractivity contribution in [3.05, 3.63) is 34.5 Å². The number of imidazole rings is 1. The summed E-state index contributed by atoms with van der Waals surface area (Å²) in [7, 11) is 1.74. The second-order valence-electron chi connectivity index (χ2n) is 5.75. The van der Waals surface area contributed by atoms with Gasteiger partial charge in [0, 0.05) is 17.5 Å². The Morgan fingerprint density at radius 3 is 2.88 bits per heavy atom. The van der Waals surface area contributed by atoms with Crippen LogP contribution in [0, 0.1) is 13.8 Å². The van der Waals surface area contributed by atoms with Crippen LogP contribution in [-0.2, 0) is 4.79 Å². The second kappa shape index (κ2) is 5.17. The van der Waals surface area contributed by atoms with E-state index in [1.165, 1.54) is 0 Å². The lowest BCUT2D eigenvalue weighted by Gasteiger charge is -2.26. The molecule has 4 rings (SSSR count). The molecule has 0 bridgehead atoms. The van der Waals surface area contributed by atoms with Gasteiger partial charge in [-0.05, 0) is 32.0 Å². The molecule has 0 N–H and O–H groups in total. The van der Waals surface area contributed by atoms with Crippen LogP contribution in [0.1, 0.15) is 21.1 Å². The highest BCUT2D eigenvalue weighted by Gasteiger charge is 2.24. The number of benzene rings is 1. The van der Waals surface area contributed by atoms with Crippen LogP contribution in [0.4, 0.5) is 5.69 Å². The number of likely N-dealkylation sites (N-methyl/N-ethyl adjacent to an activating group) is 1. The third-order valence-corrected chi connectivity index (χ3v) is 5.25. The minimum absolute atomic E-state index is 0.0561. The highest BCUT2D eigenvalue weighted by Crippen LogP contribution is 2.38. The molecule has 0 saturated heterocycles. The Balaban J connectivity index is 1.97. The molecule has 0 fully saturated rings.